The van der Waals surface area contributed by atoms with E-state index in [1.807, 2.05) is 25.1 Å². The molecule has 1 fully saturated rings. The molecule has 0 radical (unpaired) electrons. The molecule has 1 aliphatic heterocycles. The van der Waals surface area contributed by atoms with Gasteiger partial charge in [-0.15, -0.1) is 0 Å². The highest BCUT2D eigenvalue weighted by Crippen LogP contribution is 2.28. The summed E-state index contributed by atoms with van der Waals surface area (Å²) in [4.78, 5) is 11.8. The normalized spacial score (nSPS) is 24.3. The molecule has 0 saturated carbocycles. The van der Waals surface area contributed by atoms with Crippen molar-refractivity contribution in [2.75, 3.05) is 19.7 Å². The number of rotatable bonds is 3. The summed E-state index contributed by atoms with van der Waals surface area (Å²) < 4.78 is 5.10. The molecular formula is C13H17NO2. The van der Waals surface area contributed by atoms with Crippen LogP contribution in [0.5, 0.6) is 0 Å². The zero-order valence-corrected chi connectivity index (χ0v) is 9.48. The Morgan fingerprint density at radius 3 is 2.81 bits per heavy atom. The van der Waals surface area contributed by atoms with E-state index in [-0.39, 0.29) is 17.8 Å². The van der Waals surface area contributed by atoms with Gasteiger partial charge in [0.05, 0.1) is 12.5 Å². The highest BCUT2D eigenvalue weighted by Gasteiger charge is 2.34. The van der Waals surface area contributed by atoms with Crippen molar-refractivity contribution in [3.63, 3.8) is 0 Å². The SMILES string of the molecule is CCOC(=O)[C@@H]1CNC[C@@H]1c1ccccc1. The maximum Gasteiger partial charge on any atom is 0.310 e. The third kappa shape index (κ3) is 2.25. The first-order valence-electron chi connectivity index (χ1n) is 5.75. The molecule has 1 N–H and O–H groups in total. The summed E-state index contributed by atoms with van der Waals surface area (Å²) in [6.07, 6.45) is 0. The first-order chi connectivity index (χ1) is 7.83. The largest absolute Gasteiger partial charge is 0.466 e. The molecule has 16 heavy (non-hydrogen) atoms. The molecule has 2 rings (SSSR count). The number of benzene rings is 1. The van der Waals surface area contributed by atoms with Crippen molar-refractivity contribution in [1.82, 2.24) is 5.32 Å². The van der Waals surface area contributed by atoms with Gasteiger partial charge in [-0.05, 0) is 12.5 Å². The second-order valence-electron chi connectivity index (χ2n) is 4.03. The van der Waals surface area contributed by atoms with Gasteiger partial charge in [0, 0.05) is 19.0 Å². The van der Waals surface area contributed by atoms with Crippen molar-refractivity contribution < 1.29 is 9.53 Å². The fraction of sp³-hybridized carbons (Fsp3) is 0.462. The number of ether oxygens (including phenoxy) is 1. The van der Waals surface area contributed by atoms with Crippen molar-refractivity contribution in [3.8, 4) is 0 Å². The number of carbonyl (C=O) groups excluding carboxylic acids is 1. The number of esters is 1. The Hall–Kier alpha value is -1.35. The Morgan fingerprint density at radius 1 is 1.38 bits per heavy atom. The van der Waals surface area contributed by atoms with Crippen LogP contribution >= 0.6 is 0 Å². The van der Waals surface area contributed by atoms with Crippen molar-refractivity contribution in [2.45, 2.75) is 12.8 Å². The minimum absolute atomic E-state index is 0.0395. The van der Waals surface area contributed by atoms with Gasteiger partial charge < -0.3 is 10.1 Å². The van der Waals surface area contributed by atoms with Crippen LogP contribution < -0.4 is 5.32 Å². The van der Waals surface area contributed by atoms with Crippen LogP contribution in [0.4, 0.5) is 0 Å². The van der Waals surface area contributed by atoms with Gasteiger partial charge in [-0.2, -0.15) is 0 Å². The van der Waals surface area contributed by atoms with E-state index in [1.54, 1.807) is 0 Å². The number of carbonyl (C=O) groups is 1. The predicted octanol–water partition coefficient (Wildman–Crippen LogP) is 1.55. The molecule has 0 spiro atoms. The minimum Gasteiger partial charge on any atom is -0.466 e. The Labute approximate surface area is 95.8 Å². The zero-order chi connectivity index (χ0) is 11.4. The number of nitrogens with one attached hydrogen (secondary N) is 1. The first kappa shape index (κ1) is 11.1. The Bertz CT molecular complexity index is 350. The van der Waals surface area contributed by atoms with E-state index in [2.05, 4.69) is 17.4 Å². The average molecular weight is 219 g/mol. The summed E-state index contributed by atoms with van der Waals surface area (Å²) in [6.45, 7) is 3.88. The Morgan fingerprint density at radius 2 is 2.12 bits per heavy atom. The van der Waals surface area contributed by atoms with E-state index >= 15 is 0 Å². The predicted molar refractivity (Wildman–Crippen MR) is 62.2 cm³/mol. The molecule has 3 nitrogen and oxygen atoms in total. The summed E-state index contributed by atoms with van der Waals surface area (Å²) in [5, 5.41) is 3.26. The molecule has 3 heteroatoms. The van der Waals surface area contributed by atoms with E-state index in [0.717, 1.165) is 13.1 Å². The van der Waals surface area contributed by atoms with Crippen LogP contribution in [0.25, 0.3) is 0 Å². The van der Waals surface area contributed by atoms with Gasteiger partial charge in [0.1, 0.15) is 0 Å². The first-order valence-corrected chi connectivity index (χ1v) is 5.75. The molecule has 1 saturated heterocycles. The summed E-state index contributed by atoms with van der Waals surface area (Å²) in [5.74, 6) is 0.129. The van der Waals surface area contributed by atoms with E-state index in [0.29, 0.717) is 6.61 Å². The Kier molecular flexibility index (Phi) is 3.57. The molecular weight excluding hydrogens is 202 g/mol. The second kappa shape index (κ2) is 5.12. The quantitative estimate of drug-likeness (QED) is 0.784. The molecule has 0 amide bonds. The fourth-order valence-electron chi connectivity index (χ4n) is 2.23. The van der Waals surface area contributed by atoms with E-state index in [9.17, 15) is 4.79 Å². The standard InChI is InChI=1S/C13H17NO2/c1-2-16-13(15)12-9-14-8-11(12)10-6-4-3-5-7-10/h3-7,11-12,14H,2,8-9H2,1H3/t11-,12-/m1/s1. The third-order valence-corrected chi connectivity index (χ3v) is 3.03. The maximum atomic E-state index is 11.8. The maximum absolute atomic E-state index is 11.8. The Balaban J connectivity index is 2.12. The van der Waals surface area contributed by atoms with E-state index in [4.69, 9.17) is 4.74 Å². The van der Waals surface area contributed by atoms with Gasteiger partial charge in [-0.1, -0.05) is 30.3 Å². The number of hydrogen-bond acceptors (Lipinski definition) is 3. The molecule has 0 bridgehead atoms. The van der Waals surface area contributed by atoms with Gasteiger partial charge in [0.2, 0.25) is 0 Å². The lowest BCUT2D eigenvalue weighted by molar-refractivity contribution is -0.147. The van der Waals surface area contributed by atoms with Crippen LogP contribution in [0.3, 0.4) is 0 Å². The molecule has 0 aliphatic carbocycles. The van der Waals surface area contributed by atoms with Crippen LogP contribution in [0.2, 0.25) is 0 Å². The van der Waals surface area contributed by atoms with Crippen LogP contribution in [0.15, 0.2) is 30.3 Å². The van der Waals surface area contributed by atoms with Gasteiger partial charge >= 0.3 is 5.97 Å². The molecule has 0 unspecified atom stereocenters. The minimum atomic E-state index is -0.0821. The van der Waals surface area contributed by atoms with E-state index in [1.165, 1.54) is 5.56 Å². The van der Waals surface area contributed by atoms with Gasteiger partial charge in [-0.3, -0.25) is 4.79 Å². The highest BCUT2D eigenvalue weighted by molar-refractivity contribution is 5.74. The lowest BCUT2D eigenvalue weighted by Gasteiger charge is -2.17. The topological polar surface area (TPSA) is 38.3 Å². The van der Waals surface area contributed by atoms with Crippen molar-refractivity contribution in [1.29, 1.82) is 0 Å². The van der Waals surface area contributed by atoms with Crippen LogP contribution in [-0.2, 0) is 9.53 Å². The molecule has 1 aromatic rings. The average Bonchev–Trinajstić information content (AvgIpc) is 2.79. The highest BCUT2D eigenvalue weighted by atomic mass is 16.5. The third-order valence-electron chi connectivity index (χ3n) is 3.03. The summed E-state index contributed by atoms with van der Waals surface area (Å²) >= 11 is 0. The molecule has 1 aromatic carbocycles. The lowest BCUT2D eigenvalue weighted by atomic mass is 9.89. The van der Waals surface area contributed by atoms with Gasteiger partial charge in [0.25, 0.3) is 0 Å². The zero-order valence-electron chi connectivity index (χ0n) is 9.48. The summed E-state index contributed by atoms with van der Waals surface area (Å²) in [6, 6.07) is 10.2. The molecule has 86 valence electrons. The second-order valence-corrected chi connectivity index (χ2v) is 4.03. The van der Waals surface area contributed by atoms with Crippen molar-refractivity contribution in [3.05, 3.63) is 35.9 Å². The van der Waals surface area contributed by atoms with E-state index < -0.39 is 0 Å². The van der Waals surface area contributed by atoms with Crippen LogP contribution in [0.1, 0.15) is 18.4 Å². The van der Waals surface area contributed by atoms with Crippen LogP contribution in [-0.4, -0.2) is 25.7 Å². The van der Waals surface area contributed by atoms with Gasteiger partial charge in [-0.25, -0.2) is 0 Å². The molecule has 1 aliphatic rings. The lowest BCUT2D eigenvalue weighted by Crippen LogP contribution is -2.24. The smallest absolute Gasteiger partial charge is 0.310 e. The number of hydrogen-bond donors (Lipinski definition) is 1. The van der Waals surface area contributed by atoms with Crippen LogP contribution in [0, 0.1) is 5.92 Å². The summed E-state index contributed by atoms with van der Waals surface area (Å²) in [7, 11) is 0. The molecule has 2 atom stereocenters. The van der Waals surface area contributed by atoms with Gasteiger partial charge in [0.15, 0.2) is 0 Å². The fourth-order valence-corrected chi connectivity index (χ4v) is 2.23. The molecule has 1 heterocycles. The monoisotopic (exact) mass is 219 g/mol. The van der Waals surface area contributed by atoms with Crippen molar-refractivity contribution >= 4 is 5.97 Å². The van der Waals surface area contributed by atoms with Crippen molar-refractivity contribution in [2.24, 2.45) is 5.92 Å². The summed E-state index contributed by atoms with van der Waals surface area (Å²) in [5.41, 5.74) is 1.21. The molecule has 0 aromatic heterocycles.